The number of hydrogen-bond acceptors (Lipinski definition) is 3. The lowest BCUT2D eigenvalue weighted by Gasteiger charge is -2.14. The first kappa shape index (κ1) is 14.4. The van der Waals surface area contributed by atoms with Crippen LogP contribution in [0.1, 0.15) is 18.0 Å². The number of hydrogen-bond donors (Lipinski definition) is 2. The highest BCUT2D eigenvalue weighted by atomic mass is 16.5. The fourth-order valence-corrected chi connectivity index (χ4v) is 1.54. The van der Waals surface area contributed by atoms with Gasteiger partial charge in [-0.2, -0.15) is 0 Å². The molecule has 0 spiro atoms. The fourth-order valence-electron chi connectivity index (χ4n) is 1.54. The minimum Gasteiger partial charge on any atom is -0.480 e. The Morgan fingerprint density at radius 1 is 1.39 bits per heavy atom. The van der Waals surface area contributed by atoms with E-state index in [1.54, 1.807) is 18.2 Å². The molecule has 0 saturated carbocycles. The minimum atomic E-state index is -0.882. The molecule has 0 amide bonds. The first-order valence-electron chi connectivity index (χ1n) is 5.95. The first-order valence-corrected chi connectivity index (χ1v) is 5.95. The molecule has 1 rings (SSSR count). The van der Waals surface area contributed by atoms with E-state index in [1.807, 2.05) is 18.2 Å². The number of carboxylic acids is 1. The second-order valence-electron chi connectivity index (χ2n) is 3.83. The van der Waals surface area contributed by atoms with E-state index >= 15 is 0 Å². The molecule has 1 atom stereocenters. The van der Waals surface area contributed by atoms with Crippen LogP contribution in [-0.4, -0.2) is 30.8 Å². The van der Waals surface area contributed by atoms with Gasteiger partial charge in [-0.1, -0.05) is 36.4 Å². The van der Waals surface area contributed by atoms with Gasteiger partial charge in [-0.3, -0.25) is 10.1 Å². The lowest BCUT2D eigenvalue weighted by molar-refractivity contribution is -0.139. The summed E-state index contributed by atoms with van der Waals surface area (Å²) in [6.45, 7) is 5.21. The molecule has 2 N–H and O–H groups in total. The van der Waals surface area contributed by atoms with E-state index in [4.69, 9.17) is 9.84 Å². The molecule has 0 fully saturated rings. The molecular formula is C14H19NO3. The molecule has 0 aliphatic carbocycles. The Bertz CT molecular complexity index is 365. The van der Waals surface area contributed by atoms with Crippen LogP contribution in [-0.2, 0) is 9.53 Å². The lowest BCUT2D eigenvalue weighted by Crippen LogP contribution is -2.31. The molecule has 4 nitrogen and oxygen atoms in total. The summed E-state index contributed by atoms with van der Waals surface area (Å²) in [5.74, 6) is -0.882. The molecule has 1 aromatic rings. The van der Waals surface area contributed by atoms with E-state index in [-0.39, 0.29) is 0 Å². The highest BCUT2D eigenvalue weighted by Gasteiger charge is 2.17. The minimum absolute atomic E-state index is 0.491. The van der Waals surface area contributed by atoms with Crippen molar-refractivity contribution >= 4 is 5.97 Å². The number of rotatable bonds is 9. The van der Waals surface area contributed by atoms with Crippen molar-refractivity contribution in [1.82, 2.24) is 5.32 Å². The lowest BCUT2D eigenvalue weighted by atomic mass is 10.1. The largest absolute Gasteiger partial charge is 0.480 e. The molecule has 4 heteroatoms. The number of nitrogens with one attached hydrogen (secondary N) is 1. The SMILES string of the molecule is C=CCCOCCNC(C(=O)O)c1ccccc1. The van der Waals surface area contributed by atoms with Crippen molar-refractivity contribution in [3.63, 3.8) is 0 Å². The molecule has 1 aromatic carbocycles. The van der Waals surface area contributed by atoms with Crippen LogP contribution < -0.4 is 5.32 Å². The second kappa shape index (κ2) is 8.44. The van der Waals surface area contributed by atoms with Crippen molar-refractivity contribution in [2.24, 2.45) is 0 Å². The number of carboxylic acid groups (broad SMARTS) is 1. The van der Waals surface area contributed by atoms with Crippen molar-refractivity contribution in [3.8, 4) is 0 Å². The third-order valence-corrected chi connectivity index (χ3v) is 2.44. The van der Waals surface area contributed by atoms with Gasteiger partial charge in [0.2, 0.25) is 0 Å². The van der Waals surface area contributed by atoms with Crippen LogP contribution in [0.4, 0.5) is 0 Å². The van der Waals surface area contributed by atoms with Gasteiger partial charge in [-0.25, -0.2) is 0 Å². The first-order chi connectivity index (χ1) is 8.75. The van der Waals surface area contributed by atoms with E-state index < -0.39 is 12.0 Å². The highest BCUT2D eigenvalue weighted by Crippen LogP contribution is 2.11. The second-order valence-corrected chi connectivity index (χ2v) is 3.83. The third-order valence-electron chi connectivity index (χ3n) is 2.44. The van der Waals surface area contributed by atoms with Crippen molar-refractivity contribution in [2.75, 3.05) is 19.8 Å². The van der Waals surface area contributed by atoms with Crippen LogP contribution in [0.3, 0.4) is 0 Å². The third kappa shape index (κ3) is 5.12. The van der Waals surface area contributed by atoms with E-state index in [9.17, 15) is 4.79 Å². The Morgan fingerprint density at radius 3 is 2.72 bits per heavy atom. The van der Waals surface area contributed by atoms with Crippen molar-refractivity contribution < 1.29 is 14.6 Å². The summed E-state index contributed by atoms with van der Waals surface area (Å²) in [4.78, 5) is 11.1. The number of aliphatic carboxylic acids is 1. The average Bonchev–Trinajstić information content (AvgIpc) is 2.38. The standard InChI is InChI=1S/C14H19NO3/c1-2-3-10-18-11-9-15-13(14(16)17)12-7-5-4-6-8-12/h2,4-8,13,15H,1,3,9-11H2,(H,16,17). The van der Waals surface area contributed by atoms with Crippen LogP contribution in [0.2, 0.25) is 0 Å². The number of carbonyl (C=O) groups is 1. The quantitative estimate of drug-likeness (QED) is 0.519. The zero-order valence-corrected chi connectivity index (χ0v) is 10.3. The molecule has 0 saturated heterocycles. The predicted octanol–water partition coefficient (Wildman–Crippen LogP) is 1.99. The summed E-state index contributed by atoms with van der Waals surface area (Å²) in [6.07, 6.45) is 2.60. The van der Waals surface area contributed by atoms with E-state index in [2.05, 4.69) is 11.9 Å². The van der Waals surface area contributed by atoms with E-state index in [0.29, 0.717) is 19.8 Å². The highest BCUT2D eigenvalue weighted by molar-refractivity contribution is 5.75. The van der Waals surface area contributed by atoms with Gasteiger partial charge in [-0.15, -0.1) is 6.58 Å². The molecule has 98 valence electrons. The number of benzene rings is 1. The Balaban J connectivity index is 2.36. The topological polar surface area (TPSA) is 58.6 Å². The normalized spacial score (nSPS) is 12.0. The summed E-state index contributed by atoms with van der Waals surface area (Å²) >= 11 is 0. The monoisotopic (exact) mass is 249 g/mol. The van der Waals surface area contributed by atoms with Crippen LogP contribution in [0.25, 0.3) is 0 Å². The van der Waals surface area contributed by atoms with Crippen LogP contribution >= 0.6 is 0 Å². The van der Waals surface area contributed by atoms with Gasteiger partial charge in [0.25, 0.3) is 0 Å². The molecule has 0 radical (unpaired) electrons. The predicted molar refractivity (Wildman–Crippen MR) is 70.5 cm³/mol. The Kier molecular flexibility index (Phi) is 6.76. The molecule has 0 bridgehead atoms. The van der Waals surface area contributed by atoms with Gasteiger partial charge in [0.05, 0.1) is 13.2 Å². The van der Waals surface area contributed by atoms with Gasteiger partial charge in [0.15, 0.2) is 0 Å². The summed E-state index contributed by atoms with van der Waals surface area (Å²) in [7, 11) is 0. The Labute approximate surface area is 107 Å². The summed E-state index contributed by atoms with van der Waals surface area (Å²) in [5.41, 5.74) is 0.746. The smallest absolute Gasteiger partial charge is 0.325 e. The summed E-state index contributed by atoms with van der Waals surface area (Å²) in [5, 5.41) is 12.1. The molecule has 1 unspecified atom stereocenters. The van der Waals surface area contributed by atoms with E-state index in [1.165, 1.54) is 0 Å². The average molecular weight is 249 g/mol. The summed E-state index contributed by atoms with van der Waals surface area (Å²) in [6, 6.07) is 8.42. The molecule has 0 aliphatic heterocycles. The molecule has 0 aliphatic rings. The van der Waals surface area contributed by atoms with Gasteiger partial charge in [0, 0.05) is 6.54 Å². The van der Waals surface area contributed by atoms with Gasteiger partial charge < -0.3 is 9.84 Å². The van der Waals surface area contributed by atoms with Crippen molar-refractivity contribution in [3.05, 3.63) is 48.6 Å². The molecular weight excluding hydrogens is 230 g/mol. The molecule has 18 heavy (non-hydrogen) atoms. The fraction of sp³-hybridized carbons (Fsp3) is 0.357. The van der Waals surface area contributed by atoms with E-state index in [0.717, 1.165) is 12.0 Å². The van der Waals surface area contributed by atoms with Gasteiger partial charge in [-0.05, 0) is 12.0 Å². The summed E-state index contributed by atoms with van der Waals surface area (Å²) < 4.78 is 5.31. The van der Waals surface area contributed by atoms with Crippen LogP contribution in [0.15, 0.2) is 43.0 Å². The Morgan fingerprint density at radius 2 is 2.11 bits per heavy atom. The van der Waals surface area contributed by atoms with Crippen molar-refractivity contribution in [1.29, 1.82) is 0 Å². The van der Waals surface area contributed by atoms with Gasteiger partial charge >= 0.3 is 5.97 Å². The maximum absolute atomic E-state index is 11.1. The Hall–Kier alpha value is -1.65. The maximum atomic E-state index is 11.1. The number of ether oxygens (including phenoxy) is 1. The van der Waals surface area contributed by atoms with Crippen molar-refractivity contribution in [2.45, 2.75) is 12.5 Å². The zero-order valence-electron chi connectivity index (χ0n) is 10.3. The molecule has 0 heterocycles. The zero-order chi connectivity index (χ0) is 13.2. The maximum Gasteiger partial charge on any atom is 0.325 e. The van der Waals surface area contributed by atoms with Crippen LogP contribution in [0, 0.1) is 0 Å². The molecule has 0 aromatic heterocycles. The van der Waals surface area contributed by atoms with Gasteiger partial charge in [0.1, 0.15) is 6.04 Å². The van der Waals surface area contributed by atoms with Crippen LogP contribution in [0.5, 0.6) is 0 Å².